The molecule has 1 heterocycles. The Labute approximate surface area is 250 Å². The minimum atomic E-state index is -1.27. The molecule has 244 valence electrons. The first-order chi connectivity index (χ1) is 19.6. The average Bonchev–Trinajstić information content (AvgIpc) is 3.35. The number of aliphatic hydroxyl groups is 8. The summed E-state index contributed by atoms with van der Waals surface area (Å²) >= 11 is 0. The zero-order chi connectivity index (χ0) is 30.9. The second-order valence-corrected chi connectivity index (χ2v) is 15.6. The molecule has 10 nitrogen and oxygen atoms in total. The molecule has 5 fully saturated rings. The molecule has 4 aliphatic carbocycles. The van der Waals surface area contributed by atoms with Crippen LogP contribution in [0.5, 0.6) is 0 Å². The van der Waals surface area contributed by atoms with Gasteiger partial charge >= 0.3 is 0 Å². The molecule has 0 aromatic heterocycles. The number of fused-ring (bicyclic) bond motifs is 5. The molecular weight excluding hydrogens is 544 g/mol. The molecule has 0 amide bonds. The molecular formula is C32H56O10. The van der Waals surface area contributed by atoms with Crippen LogP contribution in [-0.4, -0.2) is 108 Å². The Bertz CT molecular complexity index is 950. The van der Waals surface area contributed by atoms with Crippen LogP contribution in [0.25, 0.3) is 0 Å². The molecule has 1 saturated heterocycles. The van der Waals surface area contributed by atoms with Gasteiger partial charge in [-0.25, -0.2) is 0 Å². The van der Waals surface area contributed by atoms with E-state index in [4.69, 9.17) is 9.47 Å². The quantitative estimate of drug-likeness (QED) is 0.200. The van der Waals surface area contributed by atoms with E-state index in [1.165, 1.54) is 0 Å². The standard InChI is InChI=1S/C32H56O10/c1-15(2)21(41-29-27(39)26(38)22(14-33)42-29)7-6-16(3)17-12-19(35)28-30(17,4)11-9-23-31(5)10-8-18(34)25(37)24(31)20(36)13-32(23,28)40/h15-29,33-40H,6-14H2,1-5H3/t16-,17-,18+,19-,20+,21+,22-,23-,24?,25+,26+,27-,28?,29-,30-,31-,32+/m1/s1. The highest BCUT2D eigenvalue weighted by molar-refractivity contribution is 5.21. The van der Waals surface area contributed by atoms with E-state index in [2.05, 4.69) is 13.8 Å². The van der Waals surface area contributed by atoms with Crippen molar-refractivity contribution >= 4 is 0 Å². The van der Waals surface area contributed by atoms with Gasteiger partial charge in [0.2, 0.25) is 0 Å². The summed E-state index contributed by atoms with van der Waals surface area (Å²) in [5, 5.41) is 86.6. The van der Waals surface area contributed by atoms with Crippen molar-refractivity contribution in [2.24, 2.45) is 46.3 Å². The highest BCUT2D eigenvalue weighted by atomic mass is 16.7. The maximum atomic E-state index is 12.5. The largest absolute Gasteiger partial charge is 0.394 e. The van der Waals surface area contributed by atoms with E-state index >= 15 is 0 Å². The highest BCUT2D eigenvalue weighted by Gasteiger charge is 2.71. The van der Waals surface area contributed by atoms with Crippen molar-refractivity contribution in [2.45, 2.75) is 147 Å². The van der Waals surface area contributed by atoms with Gasteiger partial charge in [-0.05, 0) is 79.4 Å². The summed E-state index contributed by atoms with van der Waals surface area (Å²) < 4.78 is 11.7. The Morgan fingerprint density at radius 2 is 1.50 bits per heavy atom. The molecule has 5 aliphatic rings. The first-order valence-electron chi connectivity index (χ1n) is 16.3. The molecule has 10 heteroatoms. The Hall–Kier alpha value is -0.400. The molecule has 0 spiro atoms. The Balaban J connectivity index is 1.30. The number of ether oxygens (including phenoxy) is 2. The van der Waals surface area contributed by atoms with Gasteiger partial charge in [0.15, 0.2) is 6.29 Å². The molecule has 4 saturated carbocycles. The van der Waals surface area contributed by atoms with E-state index in [-0.39, 0.29) is 41.6 Å². The monoisotopic (exact) mass is 600 g/mol. The van der Waals surface area contributed by atoms with Crippen LogP contribution < -0.4 is 0 Å². The lowest BCUT2D eigenvalue weighted by atomic mass is 9.41. The Morgan fingerprint density at radius 1 is 0.833 bits per heavy atom. The summed E-state index contributed by atoms with van der Waals surface area (Å²) in [5.74, 6) is -0.623. The van der Waals surface area contributed by atoms with Crippen LogP contribution >= 0.6 is 0 Å². The van der Waals surface area contributed by atoms with Crippen LogP contribution in [0.15, 0.2) is 0 Å². The van der Waals surface area contributed by atoms with Crippen LogP contribution in [0.2, 0.25) is 0 Å². The summed E-state index contributed by atoms with van der Waals surface area (Å²) in [6, 6.07) is 0. The molecule has 17 atom stereocenters. The van der Waals surface area contributed by atoms with Crippen molar-refractivity contribution in [1.29, 1.82) is 0 Å². The maximum Gasteiger partial charge on any atom is 0.186 e. The lowest BCUT2D eigenvalue weighted by molar-refractivity contribution is -0.280. The van der Waals surface area contributed by atoms with Gasteiger partial charge in [-0.2, -0.15) is 0 Å². The third kappa shape index (κ3) is 5.10. The molecule has 0 radical (unpaired) electrons. The van der Waals surface area contributed by atoms with Crippen LogP contribution in [0.1, 0.15) is 86.0 Å². The highest BCUT2D eigenvalue weighted by Crippen LogP contribution is 2.69. The van der Waals surface area contributed by atoms with Gasteiger partial charge in [-0.15, -0.1) is 0 Å². The number of rotatable bonds is 8. The fourth-order valence-electron chi connectivity index (χ4n) is 10.9. The van der Waals surface area contributed by atoms with Crippen molar-refractivity contribution in [1.82, 2.24) is 0 Å². The molecule has 8 N–H and O–H groups in total. The molecule has 0 aromatic carbocycles. The SMILES string of the molecule is CC(C)[C@H](CC[C@@H](C)[C@H]1C[C@@H](O)C2[C@]1(C)CC[C@@H]1[C@@]3(C)CC[C@H](O)[C@H](O)C3[C@@H](O)C[C@@]21O)O[C@@H]1O[C@H](CO)[C@H](O)[C@H]1O. The number of hydrogen-bond donors (Lipinski definition) is 8. The molecule has 0 bridgehead atoms. The van der Waals surface area contributed by atoms with Crippen molar-refractivity contribution in [3.05, 3.63) is 0 Å². The summed E-state index contributed by atoms with van der Waals surface area (Å²) in [7, 11) is 0. The van der Waals surface area contributed by atoms with Gasteiger partial charge in [0.05, 0.1) is 42.7 Å². The van der Waals surface area contributed by atoms with Crippen molar-refractivity contribution in [3.63, 3.8) is 0 Å². The number of hydrogen-bond acceptors (Lipinski definition) is 10. The lowest BCUT2D eigenvalue weighted by Gasteiger charge is -2.66. The molecule has 2 unspecified atom stereocenters. The van der Waals surface area contributed by atoms with E-state index in [0.29, 0.717) is 25.7 Å². The summed E-state index contributed by atoms with van der Waals surface area (Å²) in [5.41, 5.74) is -2.14. The van der Waals surface area contributed by atoms with Gasteiger partial charge in [0.1, 0.15) is 18.3 Å². The van der Waals surface area contributed by atoms with Gasteiger partial charge in [-0.3, -0.25) is 0 Å². The zero-order valence-corrected chi connectivity index (χ0v) is 25.9. The first kappa shape index (κ1) is 33.0. The van der Waals surface area contributed by atoms with E-state index in [0.717, 1.165) is 19.3 Å². The fourth-order valence-corrected chi connectivity index (χ4v) is 10.9. The first-order valence-corrected chi connectivity index (χ1v) is 16.3. The third-order valence-corrected chi connectivity index (χ3v) is 12.9. The Kier molecular flexibility index (Phi) is 9.23. The second-order valence-electron chi connectivity index (χ2n) is 15.6. The van der Waals surface area contributed by atoms with E-state index in [1.807, 2.05) is 20.8 Å². The summed E-state index contributed by atoms with van der Waals surface area (Å²) in [4.78, 5) is 0. The smallest absolute Gasteiger partial charge is 0.186 e. The Morgan fingerprint density at radius 3 is 2.12 bits per heavy atom. The van der Waals surface area contributed by atoms with Gasteiger partial charge in [0.25, 0.3) is 0 Å². The molecule has 1 aliphatic heterocycles. The lowest BCUT2D eigenvalue weighted by Crippen LogP contribution is -2.70. The van der Waals surface area contributed by atoms with Gasteiger partial charge < -0.3 is 50.3 Å². The van der Waals surface area contributed by atoms with Crippen molar-refractivity contribution in [3.8, 4) is 0 Å². The molecule has 0 aromatic rings. The minimum absolute atomic E-state index is 0.0911. The van der Waals surface area contributed by atoms with Crippen molar-refractivity contribution in [2.75, 3.05) is 6.61 Å². The number of aliphatic hydroxyl groups excluding tert-OH is 7. The fraction of sp³-hybridized carbons (Fsp3) is 1.00. The van der Waals surface area contributed by atoms with Crippen LogP contribution in [-0.2, 0) is 9.47 Å². The van der Waals surface area contributed by atoms with Crippen LogP contribution in [0.4, 0.5) is 0 Å². The van der Waals surface area contributed by atoms with E-state index < -0.39 is 78.5 Å². The van der Waals surface area contributed by atoms with Gasteiger partial charge in [0, 0.05) is 18.3 Å². The van der Waals surface area contributed by atoms with Crippen LogP contribution in [0.3, 0.4) is 0 Å². The molecule has 42 heavy (non-hydrogen) atoms. The normalized spacial score (nSPS) is 53.9. The summed E-state index contributed by atoms with van der Waals surface area (Å²) in [6.07, 6.45) is -3.39. The van der Waals surface area contributed by atoms with Crippen LogP contribution in [0, 0.1) is 46.3 Å². The molecule has 5 rings (SSSR count). The predicted molar refractivity (Wildman–Crippen MR) is 153 cm³/mol. The minimum Gasteiger partial charge on any atom is -0.394 e. The van der Waals surface area contributed by atoms with E-state index in [1.54, 1.807) is 0 Å². The zero-order valence-electron chi connectivity index (χ0n) is 25.9. The predicted octanol–water partition coefficient (Wildman–Crippen LogP) is 0.930. The summed E-state index contributed by atoms with van der Waals surface area (Å²) in [6.45, 7) is 10.1. The van der Waals surface area contributed by atoms with Crippen molar-refractivity contribution < 1.29 is 50.3 Å². The topological polar surface area (TPSA) is 180 Å². The van der Waals surface area contributed by atoms with Gasteiger partial charge in [-0.1, -0.05) is 34.6 Å². The maximum absolute atomic E-state index is 12.5. The third-order valence-electron chi connectivity index (χ3n) is 12.9. The second kappa shape index (κ2) is 11.8. The average molecular weight is 601 g/mol. The van der Waals surface area contributed by atoms with E-state index in [9.17, 15) is 40.9 Å².